The fourth-order valence-electron chi connectivity index (χ4n) is 1.36. The van der Waals surface area contributed by atoms with Gasteiger partial charge in [-0.3, -0.25) is 0 Å². The fourth-order valence-corrected chi connectivity index (χ4v) is 1.36. The molecule has 0 spiro atoms. The van der Waals surface area contributed by atoms with Crippen LogP contribution in [0, 0.1) is 17.5 Å². The quantitative estimate of drug-likeness (QED) is 0.808. The van der Waals surface area contributed by atoms with E-state index in [1.807, 2.05) is 0 Å². The highest BCUT2D eigenvalue weighted by Crippen LogP contribution is 2.26. The Labute approximate surface area is 89.5 Å². The molecule has 0 bridgehead atoms. The van der Waals surface area contributed by atoms with Crippen LogP contribution in [0.4, 0.5) is 19.0 Å². The van der Waals surface area contributed by atoms with E-state index in [2.05, 4.69) is 4.98 Å². The van der Waals surface area contributed by atoms with Gasteiger partial charge in [-0.15, -0.1) is 0 Å². The maximum atomic E-state index is 13.4. The average molecular weight is 224 g/mol. The molecular weight excluding hydrogens is 217 g/mol. The third-order valence-corrected chi connectivity index (χ3v) is 2.12. The van der Waals surface area contributed by atoms with Gasteiger partial charge >= 0.3 is 0 Å². The molecule has 82 valence electrons. The van der Waals surface area contributed by atoms with E-state index < -0.39 is 17.5 Å². The topological polar surface area (TPSA) is 38.9 Å². The number of hydrogen-bond acceptors (Lipinski definition) is 2. The predicted molar refractivity (Wildman–Crippen MR) is 54.0 cm³/mol. The first-order valence-electron chi connectivity index (χ1n) is 4.45. The number of rotatable bonds is 1. The Kier molecular flexibility index (Phi) is 2.52. The van der Waals surface area contributed by atoms with Crippen LogP contribution in [0.5, 0.6) is 0 Å². The number of pyridine rings is 1. The second-order valence-electron chi connectivity index (χ2n) is 3.19. The molecule has 2 nitrogen and oxygen atoms in total. The summed E-state index contributed by atoms with van der Waals surface area (Å²) in [4.78, 5) is 3.64. The lowest BCUT2D eigenvalue weighted by Gasteiger charge is -2.05. The maximum Gasteiger partial charge on any atom is 0.166 e. The van der Waals surface area contributed by atoms with Crippen LogP contribution in [-0.4, -0.2) is 4.98 Å². The van der Waals surface area contributed by atoms with Gasteiger partial charge in [0.25, 0.3) is 0 Å². The third-order valence-electron chi connectivity index (χ3n) is 2.12. The van der Waals surface area contributed by atoms with Crippen molar-refractivity contribution >= 4 is 5.82 Å². The van der Waals surface area contributed by atoms with Crippen LogP contribution in [0.1, 0.15) is 0 Å². The number of nitrogen functional groups attached to an aromatic ring is 1. The van der Waals surface area contributed by atoms with Crippen LogP contribution < -0.4 is 5.73 Å². The number of halogens is 3. The normalized spacial score (nSPS) is 10.4. The van der Waals surface area contributed by atoms with E-state index in [-0.39, 0.29) is 16.9 Å². The van der Waals surface area contributed by atoms with Gasteiger partial charge in [0.1, 0.15) is 11.6 Å². The van der Waals surface area contributed by atoms with Crippen molar-refractivity contribution in [2.75, 3.05) is 5.73 Å². The molecular formula is C11H7F3N2. The number of benzene rings is 1. The Morgan fingerprint density at radius 3 is 2.44 bits per heavy atom. The van der Waals surface area contributed by atoms with E-state index in [4.69, 9.17) is 5.73 Å². The van der Waals surface area contributed by atoms with Gasteiger partial charge in [0.2, 0.25) is 0 Å². The van der Waals surface area contributed by atoms with E-state index in [1.165, 1.54) is 12.1 Å². The lowest BCUT2D eigenvalue weighted by Crippen LogP contribution is -1.96. The second-order valence-corrected chi connectivity index (χ2v) is 3.19. The van der Waals surface area contributed by atoms with Crippen molar-refractivity contribution in [3.8, 4) is 11.1 Å². The highest BCUT2D eigenvalue weighted by Gasteiger charge is 2.13. The van der Waals surface area contributed by atoms with Crippen molar-refractivity contribution in [1.29, 1.82) is 0 Å². The van der Waals surface area contributed by atoms with E-state index in [0.29, 0.717) is 0 Å². The second kappa shape index (κ2) is 3.84. The molecule has 2 N–H and O–H groups in total. The Morgan fingerprint density at radius 1 is 1.00 bits per heavy atom. The van der Waals surface area contributed by atoms with E-state index >= 15 is 0 Å². The number of hydrogen-bond donors (Lipinski definition) is 1. The Morgan fingerprint density at radius 2 is 1.75 bits per heavy atom. The first kappa shape index (κ1) is 10.5. The smallest absolute Gasteiger partial charge is 0.166 e. The van der Waals surface area contributed by atoms with Crippen LogP contribution in [0.2, 0.25) is 0 Å². The van der Waals surface area contributed by atoms with E-state index in [0.717, 1.165) is 18.3 Å². The predicted octanol–water partition coefficient (Wildman–Crippen LogP) is 2.75. The summed E-state index contributed by atoms with van der Waals surface area (Å²) in [6.45, 7) is 0. The van der Waals surface area contributed by atoms with E-state index in [1.54, 1.807) is 0 Å². The number of anilines is 1. The molecule has 1 aromatic carbocycles. The largest absolute Gasteiger partial charge is 0.384 e. The zero-order chi connectivity index (χ0) is 11.7. The van der Waals surface area contributed by atoms with Gasteiger partial charge in [-0.25, -0.2) is 18.2 Å². The van der Waals surface area contributed by atoms with Gasteiger partial charge in [0.15, 0.2) is 11.6 Å². The highest BCUT2D eigenvalue weighted by atomic mass is 19.2. The standard InChI is InChI=1S/C11H7F3N2/c12-8-3-1-2-6(11(8)14)7-5-16-10(15)4-9(7)13/h1-5H,(H2,15,16). The monoisotopic (exact) mass is 224 g/mol. The number of aromatic nitrogens is 1. The maximum absolute atomic E-state index is 13.4. The van der Waals surface area contributed by atoms with Crippen molar-refractivity contribution < 1.29 is 13.2 Å². The number of nitrogens with zero attached hydrogens (tertiary/aromatic N) is 1. The first-order valence-corrected chi connectivity index (χ1v) is 4.45. The SMILES string of the molecule is Nc1cc(F)c(-c2cccc(F)c2F)cn1. The summed E-state index contributed by atoms with van der Waals surface area (Å²) in [6.07, 6.45) is 1.07. The lowest BCUT2D eigenvalue weighted by molar-refractivity contribution is 0.510. The molecule has 0 atom stereocenters. The van der Waals surface area contributed by atoms with Crippen molar-refractivity contribution in [2.24, 2.45) is 0 Å². The van der Waals surface area contributed by atoms with Crippen LogP contribution in [-0.2, 0) is 0 Å². The summed E-state index contributed by atoms with van der Waals surface area (Å²) in [5.41, 5.74) is 4.96. The molecule has 1 heterocycles. The van der Waals surface area contributed by atoms with Crippen molar-refractivity contribution in [1.82, 2.24) is 4.98 Å². The zero-order valence-electron chi connectivity index (χ0n) is 8.05. The van der Waals surface area contributed by atoms with Crippen molar-refractivity contribution in [3.63, 3.8) is 0 Å². The minimum atomic E-state index is -1.10. The molecule has 0 amide bonds. The molecule has 0 radical (unpaired) electrons. The van der Waals surface area contributed by atoms with Crippen molar-refractivity contribution in [2.45, 2.75) is 0 Å². The molecule has 0 saturated heterocycles. The van der Waals surface area contributed by atoms with Crippen molar-refractivity contribution in [3.05, 3.63) is 47.9 Å². The molecule has 0 aliphatic carbocycles. The molecule has 2 aromatic rings. The molecule has 1 aromatic heterocycles. The fraction of sp³-hybridized carbons (Fsp3) is 0. The summed E-state index contributed by atoms with van der Waals surface area (Å²) in [5.74, 6) is -2.89. The minimum Gasteiger partial charge on any atom is -0.384 e. The summed E-state index contributed by atoms with van der Waals surface area (Å²) >= 11 is 0. The molecule has 2 rings (SSSR count). The van der Waals surface area contributed by atoms with Crippen LogP contribution >= 0.6 is 0 Å². The number of nitrogens with two attached hydrogens (primary N) is 1. The summed E-state index contributed by atoms with van der Waals surface area (Å²) in [5, 5.41) is 0. The molecule has 0 saturated carbocycles. The van der Waals surface area contributed by atoms with Gasteiger partial charge in [0.05, 0.1) is 0 Å². The van der Waals surface area contributed by atoms with Crippen LogP contribution in [0.15, 0.2) is 30.5 Å². The van der Waals surface area contributed by atoms with Gasteiger partial charge < -0.3 is 5.73 Å². The summed E-state index contributed by atoms with van der Waals surface area (Å²) in [7, 11) is 0. The Hall–Kier alpha value is -2.04. The molecule has 0 aliphatic heterocycles. The van der Waals surface area contributed by atoms with Gasteiger partial charge in [0, 0.05) is 23.4 Å². The molecule has 0 unspecified atom stereocenters. The molecule has 0 aliphatic rings. The lowest BCUT2D eigenvalue weighted by atomic mass is 10.1. The summed E-state index contributed by atoms with van der Waals surface area (Å²) < 4.78 is 39.7. The third kappa shape index (κ3) is 1.71. The van der Waals surface area contributed by atoms with Gasteiger partial charge in [-0.05, 0) is 6.07 Å². The van der Waals surface area contributed by atoms with E-state index in [9.17, 15) is 13.2 Å². The molecule has 16 heavy (non-hydrogen) atoms. The minimum absolute atomic E-state index is 0.0157. The van der Waals surface area contributed by atoms with Gasteiger partial charge in [-0.1, -0.05) is 12.1 Å². The van der Waals surface area contributed by atoms with Gasteiger partial charge in [-0.2, -0.15) is 0 Å². The Balaban J connectivity index is 2.63. The molecule has 5 heteroatoms. The zero-order valence-corrected chi connectivity index (χ0v) is 8.05. The molecule has 0 fully saturated rings. The average Bonchev–Trinajstić information content (AvgIpc) is 2.23. The highest BCUT2D eigenvalue weighted by molar-refractivity contribution is 5.65. The Bertz CT molecular complexity index is 541. The first-order chi connectivity index (χ1) is 7.59. The van der Waals surface area contributed by atoms with Crippen LogP contribution in [0.3, 0.4) is 0 Å². The summed E-state index contributed by atoms with van der Waals surface area (Å²) in [6, 6.07) is 4.49. The van der Waals surface area contributed by atoms with Crippen LogP contribution in [0.25, 0.3) is 11.1 Å².